The van der Waals surface area contributed by atoms with Gasteiger partial charge in [-0.1, -0.05) is 19.8 Å². The first kappa shape index (κ1) is 13.3. The molecule has 2 rings (SSSR count). The molecule has 0 spiro atoms. The van der Waals surface area contributed by atoms with Crippen molar-refractivity contribution in [1.29, 1.82) is 0 Å². The molecule has 3 nitrogen and oxygen atoms in total. The normalized spacial score (nSPS) is 19.8. The second-order valence-corrected chi connectivity index (χ2v) is 5.22. The predicted molar refractivity (Wildman–Crippen MR) is 66.9 cm³/mol. The summed E-state index contributed by atoms with van der Waals surface area (Å²) in [5.74, 6) is -0.546. The van der Waals surface area contributed by atoms with E-state index in [2.05, 4.69) is 4.98 Å². The number of hydrogen-bond donors (Lipinski definition) is 1. The molecule has 0 radical (unpaired) electrons. The Balaban J connectivity index is 2.30. The Hall–Kier alpha value is -1.16. The highest BCUT2D eigenvalue weighted by Crippen LogP contribution is 2.47. The minimum Gasteiger partial charge on any atom is -0.476 e. The standard InChI is InChI=1S/C14H20FNO2/c1-3-18-13-11(15)10(6-9-16-13)12(17)14(2)7-4-5-8-14/h6,9,12,17H,3-5,7-8H2,1-2H3. The highest BCUT2D eigenvalue weighted by atomic mass is 19.1. The third-order valence-corrected chi connectivity index (χ3v) is 3.87. The van der Waals surface area contributed by atoms with Crippen LogP contribution in [0.4, 0.5) is 4.39 Å². The number of aliphatic hydroxyl groups excluding tert-OH is 1. The number of hydrogen-bond acceptors (Lipinski definition) is 3. The van der Waals surface area contributed by atoms with Crippen molar-refractivity contribution in [3.63, 3.8) is 0 Å². The van der Waals surface area contributed by atoms with Crippen molar-refractivity contribution in [3.05, 3.63) is 23.6 Å². The number of ether oxygens (including phenoxy) is 1. The SMILES string of the molecule is CCOc1nccc(C(O)C2(C)CCCC2)c1F. The predicted octanol–water partition coefficient (Wildman–Crippen LogP) is 3.23. The van der Waals surface area contributed by atoms with E-state index in [1.807, 2.05) is 6.92 Å². The number of aromatic nitrogens is 1. The van der Waals surface area contributed by atoms with Crippen LogP contribution in [0.2, 0.25) is 0 Å². The molecule has 1 aromatic heterocycles. The van der Waals surface area contributed by atoms with Gasteiger partial charge in [0, 0.05) is 11.8 Å². The molecule has 0 bridgehead atoms. The molecule has 1 N–H and O–H groups in total. The smallest absolute Gasteiger partial charge is 0.250 e. The van der Waals surface area contributed by atoms with Crippen LogP contribution in [0.3, 0.4) is 0 Å². The van der Waals surface area contributed by atoms with Gasteiger partial charge in [0.15, 0.2) is 5.82 Å². The van der Waals surface area contributed by atoms with E-state index in [0.29, 0.717) is 12.2 Å². The molecule has 1 fully saturated rings. The highest BCUT2D eigenvalue weighted by Gasteiger charge is 2.38. The molecule has 1 unspecified atom stereocenters. The van der Waals surface area contributed by atoms with Crippen LogP contribution in [-0.2, 0) is 0 Å². The molecule has 0 saturated heterocycles. The zero-order valence-electron chi connectivity index (χ0n) is 10.9. The Kier molecular flexibility index (Phi) is 3.85. The monoisotopic (exact) mass is 253 g/mol. The molecule has 1 aliphatic rings. The molecule has 0 aromatic carbocycles. The van der Waals surface area contributed by atoms with Crippen molar-refractivity contribution in [2.24, 2.45) is 5.41 Å². The fraction of sp³-hybridized carbons (Fsp3) is 0.643. The van der Waals surface area contributed by atoms with Gasteiger partial charge in [-0.05, 0) is 31.2 Å². The molecule has 1 aromatic rings. The summed E-state index contributed by atoms with van der Waals surface area (Å²) in [7, 11) is 0. The summed E-state index contributed by atoms with van der Waals surface area (Å²) in [6.45, 7) is 4.16. The second-order valence-electron chi connectivity index (χ2n) is 5.22. The van der Waals surface area contributed by atoms with Crippen LogP contribution in [0.15, 0.2) is 12.3 Å². The van der Waals surface area contributed by atoms with E-state index in [9.17, 15) is 9.50 Å². The van der Waals surface area contributed by atoms with Crippen molar-refractivity contribution in [3.8, 4) is 5.88 Å². The number of nitrogens with zero attached hydrogens (tertiary/aromatic N) is 1. The maximum atomic E-state index is 14.2. The lowest BCUT2D eigenvalue weighted by atomic mass is 9.79. The first-order valence-corrected chi connectivity index (χ1v) is 6.54. The number of pyridine rings is 1. The quantitative estimate of drug-likeness (QED) is 0.895. The lowest BCUT2D eigenvalue weighted by molar-refractivity contribution is 0.0373. The summed E-state index contributed by atoms with van der Waals surface area (Å²) in [5, 5.41) is 10.4. The number of rotatable bonds is 4. The molecule has 1 saturated carbocycles. The zero-order valence-corrected chi connectivity index (χ0v) is 10.9. The molecular weight excluding hydrogens is 233 g/mol. The Morgan fingerprint density at radius 1 is 1.50 bits per heavy atom. The maximum Gasteiger partial charge on any atom is 0.250 e. The van der Waals surface area contributed by atoms with Crippen LogP contribution in [0, 0.1) is 11.2 Å². The van der Waals surface area contributed by atoms with Crippen molar-refractivity contribution in [2.45, 2.75) is 45.6 Å². The lowest BCUT2D eigenvalue weighted by Crippen LogP contribution is -2.23. The average molecular weight is 253 g/mol. The Morgan fingerprint density at radius 3 is 2.78 bits per heavy atom. The topological polar surface area (TPSA) is 42.4 Å². The molecule has 18 heavy (non-hydrogen) atoms. The van der Waals surface area contributed by atoms with Crippen molar-refractivity contribution in [1.82, 2.24) is 4.98 Å². The third-order valence-electron chi connectivity index (χ3n) is 3.87. The maximum absolute atomic E-state index is 14.2. The summed E-state index contributed by atoms with van der Waals surface area (Å²) in [6.07, 6.45) is 4.75. The fourth-order valence-corrected chi connectivity index (χ4v) is 2.72. The van der Waals surface area contributed by atoms with Crippen molar-refractivity contribution < 1.29 is 14.2 Å². The Morgan fingerprint density at radius 2 is 2.17 bits per heavy atom. The minimum atomic E-state index is -0.790. The van der Waals surface area contributed by atoms with E-state index in [1.54, 1.807) is 13.0 Å². The molecule has 1 heterocycles. The first-order chi connectivity index (χ1) is 8.58. The molecule has 0 amide bonds. The lowest BCUT2D eigenvalue weighted by Gasteiger charge is -2.30. The molecule has 1 aliphatic carbocycles. The van der Waals surface area contributed by atoms with Gasteiger partial charge in [0.1, 0.15) is 0 Å². The van der Waals surface area contributed by atoms with Gasteiger partial charge in [-0.15, -0.1) is 0 Å². The van der Waals surface area contributed by atoms with E-state index in [0.717, 1.165) is 25.7 Å². The Labute approximate surface area is 107 Å². The van der Waals surface area contributed by atoms with E-state index >= 15 is 0 Å². The van der Waals surface area contributed by atoms with Crippen molar-refractivity contribution in [2.75, 3.05) is 6.61 Å². The zero-order chi connectivity index (χ0) is 13.2. The van der Waals surface area contributed by atoms with Crippen LogP contribution in [0.25, 0.3) is 0 Å². The molecule has 100 valence electrons. The van der Waals surface area contributed by atoms with E-state index in [4.69, 9.17) is 4.74 Å². The first-order valence-electron chi connectivity index (χ1n) is 6.54. The van der Waals surface area contributed by atoms with Gasteiger partial charge in [-0.25, -0.2) is 9.37 Å². The van der Waals surface area contributed by atoms with E-state index in [1.165, 1.54) is 6.20 Å². The van der Waals surface area contributed by atoms with Crippen LogP contribution in [0.5, 0.6) is 5.88 Å². The summed E-state index contributed by atoms with van der Waals surface area (Å²) < 4.78 is 19.3. The van der Waals surface area contributed by atoms with E-state index in [-0.39, 0.29) is 11.3 Å². The highest BCUT2D eigenvalue weighted by molar-refractivity contribution is 5.27. The van der Waals surface area contributed by atoms with Gasteiger partial charge >= 0.3 is 0 Å². The number of halogens is 1. The van der Waals surface area contributed by atoms with Crippen LogP contribution in [0.1, 0.15) is 51.2 Å². The summed E-state index contributed by atoms with van der Waals surface area (Å²) in [5.41, 5.74) is 0.0731. The fourth-order valence-electron chi connectivity index (χ4n) is 2.72. The minimum absolute atomic E-state index is 0.0179. The van der Waals surface area contributed by atoms with Gasteiger partial charge in [-0.3, -0.25) is 0 Å². The average Bonchev–Trinajstić information content (AvgIpc) is 2.80. The third kappa shape index (κ3) is 2.34. The second kappa shape index (κ2) is 5.22. The Bertz CT molecular complexity index is 416. The van der Waals surface area contributed by atoms with Crippen LogP contribution < -0.4 is 4.74 Å². The van der Waals surface area contributed by atoms with Crippen molar-refractivity contribution >= 4 is 0 Å². The van der Waals surface area contributed by atoms with Gasteiger partial charge in [0.2, 0.25) is 0 Å². The summed E-state index contributed by atoms with van der Waals surface area (Å²) in [6, 6.07) is 1.55. The molecular formula is C14H20FNO2. The van der Waals surface area contributed by atoms with E-state index < -0.39 is 11.9 Å². The van der Waals surface area contributed by atoms with Crippen LogP contribution in [-0.4, -0.2) is 16.7 Å². The molecule has 1 atom stereocenters. The van der Waals surface area contributed by atoms with Crippen LogP contribution >= 0.6 is 0 Å². The van der Waals surface area contributed by atoms with Gasteiger partial charge in [0.05, 0.1) is 12.7 Å². The summed E-state index contributed by atoms with van der Waals surface area (Å²) >= 11 is 0. The molecule has 4 heteroatoms. The van der Waals surface area contributed by atoms with Gasteiger partial charge < -0.3 is 9.84 Å². The largest absolute Gasteiger partial charge is 0.476 e. The van der Waals surface area contributed by atoms with Gasteiger partial charge in [0.25, 0.3) is 5.88 Å². The van der Waals surface area contributed by atoms with Gasteiger partial charge in [-0.2, -0.15) is 0 Å². The molecule has 0 aliphatic heterocycles. The summed E-state index contributed by atoms with van der Waals surface area (Å²) in [4.78, 5) is 3.85. The number of aliphatic hydroxyl groups is 1.